The molecular weight excluding hydrogens is 570 g/mol. The number of likely N-dealkylation sites (N-methyl/N-ethyl adjacent to an activating group) is 1. The molecule has 0 unspecified atom stereocenters. The number of ether oxygens (including phenoxy) is 2. The average Bonchev–Trinajstić information content (AvgIpc) is 3.60. The number of allylic oxidation sites excluding steroid dienone is 1. The van der Waals surface area contributed by atoms with Crippen LogP contribution in [-0.4, -0.2) is 53.8 Å². The summed E-state index contributed by atoms with van der Waals surface area (Å²) in [6.07, 6.45) is 1.62. The fraction of sp³-hybridized carbons (Fsp3) is 0.250. The highest BCUT2D eigenvalue weighted by Gasteiger charge is 2.36. The quantitative estimate of drug-likeness (QED) is 0.307. The van der Waals surface area contributed by atoms with E-state index in [0.717, 1.165) is 0 Å². The summed E-state index contributed by atoms with van der Waals surface area (Å²) in [5.41, 5.74) is 1.88. The van der Waals surface area contributed by atoms with Gasteiger partial charge in [-0.3, -0.25) is 14.2 Å². The number of carboxylic acids is 1. The molecule has 222 valence electrons. The maximum atomic E-state index is 14.1. The fourth-order valence-electron chi connectivity index (χ4n) is 5.14. The molecule has 43 heavy (non-hydrogen) atoms. The van der Waals surface area contributed by atoms with Crippen molar-refractivity contribution in [2.45, 2.75) is 26.8 Å². The lowest BCUT2D eigenvalue weighted by Gasteiger charge is -2.30. The summed E-state index contributed by atoms with van der Waals surface area (Å²) >= 11 is 1.19. The zero-order chi connectivity index (χ0) is 30.8. The number of hydrogen-bond acceptors (Lipinski definition) is 8. The van der Waals surface area contributed by atoms with Crippen LogP contribution in [0.1, 0.15) is 48.5 Å². The number of carbonyl (C=O) groups excluding carboxylic acids is 1. The molecule has 1 aliphatic heterocycles. The molecule has 1 amide bonds. The second-order valence-electron chi connectivity index (χ2n) is 9.76. The Balaban J connectivity index is 1.68. The molecule has 0 saturated carbocycles. The number of carbonyl (C=O) groups is 2. The van der Waals surface area contributed by atoms with Crippen molar-refractivity contribution in [3.63, 3.8) is 0 Å². The second kappa shape index (κ2) is 12.1. The minimum Gasteiger partial charge on any atom is -0.497 e. The number of rotatable bonds is 9. The summed E-state index contributed by atoms with van der Waals surface area (Å²) in [5, 5.41) is 9.34. The standard InChI is InChI=1S/C32H31N3O7S/c1-6-34(7-2)30(37)27-18(3)33-32-35(28(27)23-16-21(40-4)11-14-25(23)41-5)29(36)26(43-32)17-22-12-13-24(42-22)19-9-8-10-20(15-19)31(38)39/h8-17,28H,6-7H2,1-5H3,(H,38,39)/b26-17+/t28-/m1/s1. The maximum Gasteiger partial charge on any atom is 0.335 e. The van der Waals surface area contributed by atoms with Gasteiger partial charge in [0, 0.05) is 30.3 Å². The van der Waals surface area contributed by atoms with Gasteiger partial charge in [0.25, 0.3) is 11.5 Å². The van der Waals surface area contributed by atoms with Crippen LogP contribution < -0.4 is 24.4 Å². The van der Waals surface area contributed by atoms with E-state index in [1.54, 1.807) is 67.5 Å². The minimum absolute atomic E-state index is 0.141. The lowest BCUT2D eigenvalue weighted by Crippen LogP contribution is -2.43. The van der Waals surface area contributed by atoms with E-state index in [1.807, 2.05) is 13.8 Å². The van der Waals surface area contributed by atoms with Crippen molar-refractivity contribution in [2.24, 2.45) is 4.99 Å². The van der Waals surface area contributed by atoms with Gasteiger partial charge in [-0.05, 0) is 63.2 Å². The highest BCUT2D eigenvalue weighted by Crippen LogP contribution is 2.38. The van der Waals surface area contributed by atoms with Crippen molar-refractivity contribution in [3.05, 3.63) is 102 Å². The first-order chi connectivity index (χ1) is 20.7. The van der Waals surface area contributed by atoms with Gasteiger partial charge in [0.15, 0.2) is 4.80 Å². The van der Waals surface area contributed by atoms with Gasteiger partial charge in [-0.15, -0.1) is 0 Å². The SMILES string of the molecule is CCN(CC)C(=O)C1=C(C)N=c2s/c(=C/c3ccc(-c4cccc(C(=O)O)c4)o3)c(=O)n2[C@@H]1c1cc(OC)ccc1OC. The number of benzene rings is 2. The van der Waals surface area contributed by atoms with Gasteiger partial charge in [-0.1, -0.05) is 23.5 Å². The van der Waals surface area contributed by atoms with Crippen LogP contribution in [0.2, 0.25) is 0 Å². The van der Waals surface area contributed by atoms with Crippen molar-refractivity contribution in [2.75, 3.05) is 27.3 Å². The second-order valence-corrected chi connectivity index (χ2v) is 10.8. The molecule has 0 aliphatic carbocycles. The first kappa shape index (κ1) is 29.6. The van der Waals surface area contributed by atoms with Crippen LogP contribution >= 0.6 is 11.3 Å². The Morgan fingerprint density at radius 3 is 2.53 bits per heavy atom. The molecule has 0 fully saturated rings. The minimum atomic E-state index is -1.04. The van der Waals surface area contributed by atoms with Crippen molar-refractivity contribution < 1.29 is 28.6 Å². The number of amides is 1. The number of fused-ring (bicyclic) bond motifs is 1. The molecule has 0 radical (unpaired) electrons. The first-order valence-corrected chi connectivity index (χ1v) is 14.5. The largest absolute Gasteiger partial charge is 0.497 e. The Morgan fingerprint density at radius 2 is 1.86 bits per heavy atom. The van der Waals surface area contributed by atoms with E-state index in [0.29, 0.717) is 67.8 Å². The van der Waals surface area contributed by atoms with Gasteiger partial charge < -0.3 is 23.9 Å². The van der Waals surface area contributed by atoms with Crippen molar-refractivity contribution in [1.29, 1.82) is 0 Å². The predicted molar refractivity (Wildman–Crippen MR) is 162 cm³/mol. The summed E-state index contributed by atoms with van der Waals surface area (Å²) in [4.78, 5) is 46.2. The normalized spacial score (nSPS) is 14.7. The van der Waals surface area contributed by atoms with Crippen LogP contribution in [0.4, 0.5) is 0 Å². The highest BCUT2D eigenvalue weighted by atomic mass is 32.1. The number of aromatic carboxylic acids is 1. The first-order valence-electron chi connectivity index (χ1n) is 13.7. The zero-order valence-electron chi connectivity index (χ0n) is 24.4. The number of nitrogens with zero attached hydrogens (tertiary/aromatic N) is 3. The van der Waals surface area contributed by atoms with E-state index >= 15 is 0 Å². The van der Waals surface area contributed by atoms with Crippen LogP contribution in [0.25, 0.3) is 17.4 Å². The molecule has 0 spiro atoms. The van der Waals surface area contributed by atoms with Gasteiger partial charge in [-0.25, -0.2) is 9.79 Å². The molecule has 5 rings (SSSR count). The molecule has 2 aromatic heterocycles. The summed E-state index contributed by atoms with van der Waals surface area (Å²) in [7, 11) is 3.09. The fourth-order valence-corrected chi connectivity index (χ4v) is 6.17. The van der Waals surface area contributed by atoms with E-state index in [1.165, 1.54) is 35.1 Å². The molecule has 4 aromatic rings. The van der Waals surface area contributed by atoms with E-state index in [4.69, 9.17) is 18.9 Å². The lowest BCUT2D eigenvalue weighted by molar-refractivity contribution is -0.127. The summed E-state index contributed by atoms with van der Waals surface area (Å²) in [6.45, 7) is 6.58. The third-order valence-corrected chi connectivity index (χ3v) is 8.31. The van der Waals surface area contributed by atoms with Gasteiger partial charge in [0.1, 0.15) is 29.1 Å². The Hall–Kier alpha value is -4.90. The van der Waals surface area contributed by atoms with Crippen LogP contribution in [0, 0.1) is 0 Å². The van der Waals surface area contributed by atoms with Crippen molar-refractivity contribution in [3.8, 4) is 22.8 Å². The number of thiazole rings is 1. The van der Waals surface area contributed by atoms with E-state index in [9.17, 15) is 19.5 Å². The van der Waals surface area contributed by atoms with Gasteiger partial charge in [0.2, 0.25) is 0 Å². The van der Waals surface area contributed by atoms with Crippen LogP contribution in [0.15, 0.2) is 80.1 Å². The molecule has 1 atom stereocenters. The number of aromatic nitrogens is 1. The van der Waals surface area contributed by atoms with E-state index in [-0.39, 0.29) is 17.0 Å². The lowest BCUT2D eigenvalue weighted by atomic mass is 9.93. The van der Waals surface area contributed by atoms with Gasteiger partial charge in [0.05, 0.1) is 35.6 Å². The Bertz CT molecular complexity index is 1930. The van der Waals surface area contributed by atoms with Crippen molar-refractivity contribution in [1.82, 2.24) is 9.47 Å². The van der Waals surface area contributed by atoms with Crippen LogP contribution in [-0.2, 0) is 4.79 Å². The molecule has 11 heteroatoms. The molecule has 0 saturated heterocycles. The molecule has 3 heterocycles. The van der Waals surface area contributed by atoms with Gasteiger partial charge >= 0.3 is 5.97 Å². The Morgan fingerprint density at radius 1 is 1.09 bits per heavy atom. The van der Waals surface area contributed by atoms with Crippen molar-refractivity contribution >= 4 is 29.3 Å². The Kier molecular flexibility index (Phi) is 8.36. The third-order valence-electron chi connectivity index (χ3n) is 7.33. The number of methoxy groups -OCH3 is 2. The predicted octanol–water partition coefficient (Wildman–Crippen LogP) is 4.08. The summed E-state index contributed by atoms with van der Waals surface area (Å²) < 4.78 is 19.1. The number of furan rings is 1. The number of carboxylic acid groups (broad SMARTS) is 1. The molecule has 1 aliphatic rings. The molecule has 2 aromatic carbocycles. The monoisotopic (exact) mass is 601 g/mol. The average molecular weight is 602 g/mol. The molecule has 0 bridgehead atoms. The maximum absolute atomic E-state index is 14.1. The molecule has 10 nitrogen and oxygen atoms in total. The van der Waals surface area contributed by atoms with Gasteiger partial charge in [-0.2, -0.15) is 0 Å². The molecular formula is C32H31N3O7S. The zero-order valence-corrected chi connectivity index (χ0v) is 25.2. The third kappa shape index (κ3) is 5.51. The summed E-state index contributed by atoms with van der Waals surface area (Å²) in [5.74, 6) is 0.674. The topological polar surface area (TPSA) is 124 Å². The van der Waals surface area contributed by atoms with E-state index in [2.05, 4.69) is 0 Å². The summed E-state index contributed by atoms with van der Waals surface area (Å²) in [6, 6.07) is 14.3. The number of hydrogen-bond donors (Lipinski definition) is 1. The Labute approximate surface area is 251 Å². The molecule has 1 N–H and O–H groups in total. The van der Waals surface area contributed by atoms with Crippen LogP contribution in [0.3, 0.4) is 0 Å². The van der Waals surface area contributed by atoms with E-state index < -0.39 is 12.0 Å². The van der Waals surface area contributed by atoms with Crippen LogP contribution in [0.5, 0.6) is 11.5 Å². The highest BCUT2D eigenvalue weighted by molar-refractivity contribution is 7.07. The smallest absolute Gasteiger partial charge is 0.335 e.